The molecule has 4 heteroatoms. The van der Waals surface area contributed by atoms with Crippen LogP contribution in [-0.4, -0.2) is 18.2 Å². The Morgan fingerprint density at radius 3 is 2.07 bits per heavy atom. The molecule has 1 aromatic heterocycles. The van der Waals surface area contributed by atoms with Crippen molar-refractivity contribution in [1.82, 2.24) is 0 Å². The average molecular weight is 395 g/mol. The Kier molecular flexibility index (Phi) is 6.32. The van der Waals surface area contributed by atoms with E-state index >= 15 is 0 Å². The summed E-state index contributed by atoms with van der Waals surface area (Å²) < 4.78 is 11.5. The number of hydrogen-bond donors (Lipinski definition) is 0. The average Bonchev–Trinajstić information content (AvgIpc) is 3.12. The van der Waals surface area contributed by atoms with E-state index in [1.807, 2.05) is 64.1 Å². The molecule has 1 unspecified atom stereocenters. The van der Waals surface area contributed by atoms with Gasteiger partial charge < -0.3 is 9.47 Å². The van der Waals surface area contributed by atoms with Gasteiger partial charge in [-0.3, -0.25) is 0 Å². The van der Waals surface area contributed by atoms with Gasteiger partial charge in [0.15, 0.2) is 6.10 Å². The number of carbonyl (C=O) groups is 1. The molecule has 0 N–H and O–H groups in total. The molecule has 1 atom stereocenters. The minimum absolute atomic E-state index is 0.320. The Morgan fingerprint density at radius 1 is 0.964 bits per heavy atom. The van der Waals surface area contributed by atoms with Crippen LogP contribution >= 0.6 is 11.3 Å². The number of hydrogen-bond acceptors (Lipinski definition) is 4. The van der Waals surface area contributed by atoms with Crippen molar-refractivity contribution in [2.75, 3.05) is 6.61 Å². The summed E-state index contributed by atoms with van der Waals surface area (Å²) in [6.45, 7) is 7.99. The number of carbonyl (C=O) groups excluding carboxylic acids is 1. The lowest BCUT2D eigenvalue weighted by atomic mass is 10.0. The van der Waals surface area contributed by atoms with Crippen molar-refractivity contribution in [3.05, 3.63) is 71.6 Å². The van der Waals surface area contributed by atoms with Crippen molar-refractivity contribution in [2.24, 2.45) is 0 Å². The zero-order valence-electron chi connectivity index (χ0n) is 16.8. The van der Waals surface area contributed by atoms with Gasteiger partial charge in [-0.2, -0.15) is 0 Å². The van der Waals surface area contributed by atoms with E-state index in [9.17, 15) is 4.79 Å². The van der Waals surface area contributed by atoms with Crippen molar-refractivity contribution in [1.29, 1.82) is 0 Å². The topological polar surface area (TPSA) is 35.5 Å². The quantitative estimate of drug-likeness (QED) is 0.448. The van der Waals surface area contributed by atoms with E-state index in [1.165, 1.54) is 0 Å². The first-order valence-electron chi connectivity index (χ1n) is 9.48. The molecule has 3 rings (SSSR count). The molecule has 0 saturated heterocycles. The predicted octanol–water partition coefficient (Wildman–Crippen LogP) is 6.50. The monoisotopic (exact) mass is 394 g/mol. The highest BCUT2D eigenvalue weighted by molar-refractivity contribution is 7.16. The molecule has 3 nitrogen and oxygen atoms in total. The molecule has 0 bridgehead atoms. The van der Waals surface area contributed by atoms with Crippen LogP contribution in [0.4, 0.5) is 0 Å². The molecule has 0 aliphatic carbocycles. The molecule has 0 aliphatic heterocycles. The molecular weight excluding hydrogens is 368 g/mol. The number of benzene rings is 2. The van der Waals surface area contributed by atoms with Gasteiger partial charge in [0.25, 0.3) is 0 Å². The predicted molar refractivity (Wildman–Crippen MR) is 115 cm³/mol. The summed E-state index contributed by atoms with van der Waals surface area (Å²) in [6.07, 6.45) is -0.766. The Labute approximate surface area is 170 Å². The van der Waals surface area contributed by atoms with Crippen molar-refractivity contribution < 1.29 is 14.3 Å². The molecule has 0 amide bonds. The highest BCUT2D eigenvalue weighted by atomic mass is 32.1. The van der Waals surface area contributed by atoms with Crippen LogP contribution in [0.15, 0.2) is 66.7 Å². The van der Waals surface area contributed by atoms with Crippen LogP contribution in [0.1, 0.15) is 38.7 Å². The lowest BCUT2D eigenvalue weighted by Crippen LogP contribution is -2.28. The molecule has 0 fully saturated rings. The smallest absolute Gasteiger partial charge is 0.340 e. The second-order valence-electron chi connectivity index (χ2n) is 7.48. The largest absolute Gasteiger partial charge is 0.464 e. The Morgan fingerprint density at radius 2 is 1.54 bits per heavy atom. The maximum absolute atomic E-state index is 12.8. The van der Waals surface area contributed by atoms with Crippen LogP contribution in [0.5, 0.6) is 0 Å². The van der Waals surface area contributed by atoms with Gasteiger partial charge in [-0.1, -0.05) is 60.7 Å². The SMILES string of the molecule is CCOC(=O)C(OC(C)(C)C)c1sc(-c2ccccc2)cc1-c1ccccc1. The zero-order chi connectivity index (χ0) is 20.1. The van der Waals surface area contributed by atoms with Crippen molar-refractivity contribution in [3.63, 3.8) is 0 Å². The highest BCUT2D eigenvalue weighted by Crippen LogP contribution is 2.43. The van der Waals surface area contributed by atoms with E-state index in [1.54, 1.807) is 11.3 Å². The molecule has 146 valence electrons. The van der Waals surface area contributed by atoms with Crippen LogP contribution in [0.3, 0.4) is 0 Å². The summed E-state index contributed by atoms with van der Waals surface area (Å²) in [7, 11) is 0. The highest BCUT2D eigenvalue weighted by Gasteiger charge is 2.32. The van der Waals surface area contributed by atoms with Gasteiger partial charge in [0.2, 0.25) is 0 Å². The fourth-order valence-corrected chi connectivity index (χ4v) is 4.17. The number of ether oxygens (including phenoxy) is 2. The van der Waals surface area contributed by atoms with Crippen LogP contribution in [0.25, 0.3) is 21.6 Å². The van der Waals surface area contributed by atoms with Gasteiger partial charge in [0.1, 0.15) is 0 Å². The molecule has 0 aliphatic rings. The van der Waals surface area contributed by atoms with Crippen LogP contribution in [0, 0.1) is 0 Å². The zero-order valence-corrected chi connectivity index (χ0v) is 17.6. The van der Waals surface area contributed by atoms with Gasteiger partial charge in [0, 0.05) is 4.88 Å². The summed E-state index contributed by atoms with van der Waals surface area (Å²) in [5, 5.41) is 0. The maximum atomic E-state index is 12.8. The van der Waals surface area contributed by atoms with Gasteiger partial charge in [-0.05, 0) is 50.5 Å². The van der Waals surface area contributed by atoms with Crippen molar-refractivity contribution >= 4 is 17.3 Å². The first-order chi connectivity index (χ1) is 13.4. The molecule has 3 aromatic rings. The van der Waals surface area contributed by atoms with Gasteiger partial charge in [0.05, 0.1) is 17.1 Å². The van der Waals surface area contributed by atoms with Gasteiger partial charge >= 0.3 is 5.97 Å². The number of esters is 1. The van der Waals surface area contributed by atoms with Gasteiger partial charge in [-0.15, -0.1) is 11.3 Å². The summed E-state index contributed by atoms with van der Waals surface area (Å²) in [5.74, 6) is -0.351. The molecule has 28 heavy (non-hydrogen) atoms. The summed E-state index contributed by atoms with van der Waals surface area (Å²) in [6, 6.07) is 22.4. The third-order valence-electron chi connectivity index (χ3n) is 4.11. The third kappa shape index (κ3) is 4.89. The fraction of sp³-hybridized carbons (Fsp3) is 0.292. The Hall–Kier alpha value is -2.43. The maximum Gasteiger partial charge on any atom is 0.340 e. The summed E-state index contributed by atoms with van der Waals surface area (Å²) >= 11 is 1.58. The second kappa shape index (κ2) is 8.72. The molecule has 0 spiro atoms. The Balaban J connectivity index is 2.15. The van der Waals surface area contributed by atoms with E-state index < -0.39 is 11.7 Å². The fourth-order valence-electron chi connectivity index (χ4n) is 2.97. The van der Waals surface area contributed by atoms with Crippen molar-refractivity contribution in [2.45, 2.75) is 39.4 Å². The van der Waals surface area contributed by atoms with E-state index in [0.717, 1.165) is 26.4 Å². The lowest BCUT2D eigenvalue weighted by molar-refractivity contribution is -0.166. The Bertz CT molecular complexity index is 908. The first-order valence-corrected chi connectivity index (χ1v) is 10.3. The van der Waals surface area contributed by atoms with E-state index in [-0.39, 0.29) is 5.97 Å². The lowest BCUT2D eigenvalue weighted by Gasteiger charge is -2.26. The van der Waals surface area contributed by atoms with Crippen molar-refractivity contribution in [3.8, 4) is 21.6 Å². The van der Waals surface area contributed by atoms with E-state index in [4.69, 9.17) is 9.47 Å². The number of thiophene rings is 1. The number of rotatable bonds is 6. The molecule has 1 heterocycles. The molecule has 0 radical (unpaired) electrons. The minimum Gasteiger partial charge on any atom is -0.464 e. The van der Waals surface area contributed by atoms with Crippen LogP contribution in [0.2, 0.25) is 0 Å². The van der Waals surface area contributed by atoms with E-state index in [0.29, 0.717) is 6.61 Å². The summed E-state index contributed by atoms with van der Waals surface area (Å²) in [4.78, 5) is 14.8. The van der Waals surface area contributed by atoms with E-state index in [2.05, 4.69) is 30.3 Å². The molecule has 2 aromatic carbocycles. The normalized spacial score (nSPS) is 12.6. The van der Waals surface area contributed by atoms with Crippen LogP contribution < -0.4 is 0 Å². The standard InChI is InChI=1S/C24H26O3S/c1-5-26-23(25)21(27-24(2,3)4)22-19(17-12-8-6-9-13-17)16-20(28-22)18-14-10-7-11-15-18/h6-16,21H,5H2,1-4H3. The first kappa shape index (κ1) is 20.3. The second-order valence-corrected chi connectivity index (χ2v) is 8.57. The molecular formula is C24H26O3S. The summed E-state index contributed by atoms with van der Waals surface area (Å²) in [5.41, 5.74) is 2.70. The molecule has 0 saturated carbocycles. The third-order valence-corrected chi connectivity index (χ3v) is 5.34. The van der Waals surface area contributed by atoms with Gasteiger partial charge in [-0.25, -0.2) is 4.79 Å². The van der Waals surface area contributed by atoms with Crippen LogP contribution in [-0.2, 0) is 14.3 Å². The minimum atomic E-state index is -0.766.